The van der Waals surface area contributed by atoms with Gasteiger partial charge < -0.3 is 4.42 Å². The average molecular weight is 642 g/mol. The van der Waals surface area contributed by atoms with Gasteiger partial charge in [-0.1, -0.05) is 115 Å². The SMILES string of the molecule is c1ccc(-c2ccc3c4ccccc4n(-c4ccccc4-c4nc(-c5ccccc5)nc(-c5ccc6c(c5)oc5ccccc56)n4)c3n2)cc1. The first kappa shape index (κ1) is 28.1. The Morgan fingerprint density at radius 3 is 1.86 bits per heavy atom. The molecule has 0 saturated carbocycles. The van der Waals surface area contributed by atoms with Gasteiger partial charge in [-0.2, -0.15) is 0 Å². The first-order chi connectivity index (χ1) is 24.8. The van der Waals surface area contributed by atoms with Crippen LogP contribution in [-0.2, 0) is 0 Å². The Morgan fingerprint density at radius 2 is 1.02 bits per heavy atom. The molecule has 10 rings (SSSR count). The Bertz CT molecular complexity index is 2870. The molecular weight excluding hydrogens is 615 g/mol. The fourth-order valence-corrected chi connectivity index (χ4v) is 6.92. The highest BCUT2D eigenvalue weighted by molar-refractivity contribution is 6.09. The summed E-state index contributed by atoms with van der Waals surface area (Å²) in [6, 6.07) is 55.6. The molecule has 6 heteroatoms. The smallest absolute Gasteiger partial charge is 0.166 e. The molecule has 50 heavy (non-hydrogen) atoms. The summed E-state index contributed by atoms with van der Waals surface area (Å²) in [5.41, 5.74) is 9.10. The zero-order chi connectivity index (χ0) is 33.0. The van der Waals surface area contributed by atoms with Gasteiger partial charge in [0, 0.05) is 43.8 Å². The lowest BCUT2D eigenvalue weighted by molar-refractivity contribution is 0.669. The molecule has 0 aliphatic heterocycles. The molecule has 0 fully saturated rings. The van der Waals surface area contributed by atoms with Gasteiger partial charge in [-0.25, -0.2) is 19.9 Å². The van der Waals surface area contributed by atoms with Gasteiger partial charge in [0.15, 0.2) is 17.5 Å². The molecule has 4 heterocycles. The number of rotatable bonds is 5. The van der Waals surface area contributed by atoms with E-state index in [-0.39, 0.29) is 0 Å². The lowest BCUT2D eigenvalue weighted by atomic mass is 10.1. The van der Waals surface area contributed by atoms with E-state index < -0.39 is 0 Å². The van der Waals surface area contributed by atoms with Crippen LogP contribution >= 0.6 is 0 Å². The maximum Gasteiger partial charge on any atom is 0.166 e. The largest absolute Gasteiger partial charge is 0.456 e. The maximum absolute atomic E-state index is 6.25. The van der Waals surface area contributed by atoms with Crippen molar-refractivity contribution in [2.45, 2.75) is 0 Å². The highest BCUT2D eigenvalue weighted by Gasteiger charge is 2.20. The van der Waals surface area contributed by atoms with Crippen molar-refractivity contribution in [3.63, 3.8) is 0 Å². The molecular formula is C44H27N5O. The summed E-state index contributed by atoms with van der Waals surface area (Å²) in [5, 5.41) is 4.35. The van der Waals surface area contributed by atoms with E-state index in [1.807, 2.05) is 78.9 Å². The topological polar surface area (TPSA) is 69.6 Å². The van der Waals surface area contributed by atoms with Gasteiger partial charge in [-0.05, 0) is 48.5 Å². The minimum absolute atomic E-state index is 0.567. The highest BCUT2D eigenvalue weighted by atomic mass is 16.3. The van der Waals surface area contributed by atoms with E-state index in [0.717, 1.165) is 77.5 Å². The number of benzene rings is 6. The number of nitrogens with zero attached hydrogens (tertiary/aromatic N) is 5. The number of pyridine rings is 1. The molecule has 0 radical (unpaired) electrons. The third-order valence-electron chi connectivity index (χ3n) is 9.28. The van der Waals surface area contributed by atoms with Crippen LogP contribution in [-0.4, -0.2) is 24.5 Å². The van der Waals surface area contributed by atoms with Crippen LogP contribution in [0, 0.1) is 0 Å². The fraction of sp³-hybridized carbons (Fsp3) is 0. The Hall–Kier alpha value is -6.92. The van der Waals surface area contributed by atoms with Gasteiger partial charge in [-0.15, -0.1) is 0 Å². The summed E-state index contributed by atoms with van der Waals surface area (Å²) >= 11 is 0. The standard InChI is InChI=1S/C44H27N5O/c1-3-13-28(14-4-1)36-26-25-34-31-17-7-10-20-37(31)49(44(34)45-36)38-21-11-8-19-35(38)43-47-41(29-15-5-2-6-16-29)46-42(48-43)30-23-24-33-32-18-9-12-22-39(32)50-40(33)27-30/h1-27H. The first-order valence-corrected chi connectivity index (χ1v) is 16.6. The Kier molecular flexibility index (Phi) is 6.39. The molecule has 0 saturated heterocycles. The van der Waals surface area contributed by atoms with E-state index in [1.165, 1.54) is 0 Å². The van der Waals surface area contributed by atoms with E-state index in [1.54, 1.807) is 0 Å². The van der Waals surface area contributed by atoms with E-state index in [0.29, 0.717) is 17.5 Å². The minimum Gasteiger partial charge on any atom is -0.456 e. The number of aromatic nitrogens is 5. The van der Waals surface area contributed by atoms with Crippen molar-refractivity contribution in [1.29, 1.82) is 0 Å². The number of hydrogen-bond acceptors (Lipinski definition) is 5. The van der Waals surface area contributed by atoms with Crippen molar-refractivity contribution < 1.29 is 4.42 Å². The average Bonchev–Trinajstić information content (AvgIpc) is 3.73. The quantitative estimate of drug-likeness (QED) is 0.187. The third kappa shape index (κ3) is 4.58. The molecule has 0 unspecified atom stereocenters. The summed E-state index contributed by atoms with van der Waals surface area (Å²) in [6.07, 6.45) is 0. The van der Waals surface area contributed by atoms with Crippen molar-refractivity contribution >= 4 is 43.9 Å². The maximum atomic E-state index is 6.25. The van der Waals surface area contributed by atoms with Gasteiger partial charge >= 0.3 is 0 Å². The Labute approximate surface area is 287 Å². The second-order valence-electron chi connectivity index (χ2n) is 12.3. The summed E-state index contributed by atoms with van der Waals surface area (Å²) in [6.45, 7) is 0. The third-order valence-corrected chi connectivity index (χ3v) is 9.28. The van der Waals surface area contributed by atoms with E-state index in [2.05, 4.69) is 89.5 Å². The molecule has 0 atom stereocenters. The normalized spacial score (nSPS) is 11.6. The van der Waals surface area contributed by atoms with Crippen LogP contribution in [0.15, 0.2) is 168 Å². The molecule has 6 nitrogen and oxygen atoms in total. The molecule has 0 spiro atoms. The minimum atomic E-state index is 0.567. The number of fused-ring (bicyclic) bond motifs is 6. The molecule has 0 N–H and O–H groups in total. The van der Waals surface area contributed by atoms with Crippen LogP contribution in [0.1, 0.15) is 0 Å². The molecule has 6 aromatic carbocycles. The number of furan rings is 1. The summed E-state index contributed by atoms with van der Waals surface area (Å²) < 4.78 is 8.49. The van der Waals surface area contributed by atoms with Crippen molar-refractivity contribution in [2.24, 2.45) is 0 Å². The van der Waals surface area contributed by atoms with Gasteiger partial charge in [0.2, 0.25) is 0 Å². The predicted molar refractivity (Wildman–Crippen MR) is 201 cm³/mol. The molecule has 4 aromatic heterocycles. The van der Waals surface area contributed by atoms with Crippen molar-refractivity contribution in [2.75, 3.05) is 0 Å². The van der Waals surface area contributed by atoms with E-state index in [9.17, 15) is 0 Å². The Morgan fingerprint density at radius 1 is 0.400 bits per heavy atom. The number of para-hydroxylation sites is 3. The van der Waals surface area contributed by atoms with Gasteiger partial charge in [0.05, 0.1) is 16.9 Å². The van der Waals surface area contributed by atoms with Crippen LogP contribution in [0.25, 0.3) is 95.0 Å². The molecule has 234 valence electrons. The van der Waals surface area contributed by atoms with Crippen molar-refractivity contribution in [3.8, 4) is 51.1 Å². The monoisotopic (exact) mass is 641 g/mol. The summed E-state index contributed by atoms with van der Waals surface area (Å²) in [7, 11) is 0. The first-order valence-electron chi connectivity index (χ1n) is 16.6. The second-order valence-corrected chi connectivity index (χ2v) is 12.3. The lowest BCUT2D eigenvalue weighted by Crippen LogP contribution is -2.04. The molecule has 0 aliphatic rings. The van der Waals surface area contributed by atoms with Crippen LogP contribution in [0.5, 0.6) is 0 Å². The molecule has 0 amide bonds. The van der Waals surface area contributed by atoms with Gasteiger partial charge in [0.1, 0.15) is 16.8 Å². The van der Waals surface area contributed by atoms with Gasteiger partial charge in [0.25, 0.3) is 0 Å². The van der Waals surface area contributed by atoms with Crippen molar-refractivity contribution in [3.05, 3.63) is 164 Å². The van der Waals surface area contributed by atoms with Gasteiger partial charge in [-0.3, -0.25) is 4.57 Å². The predicted octanol–water partition coefficient (Wildman–Crippen LogP) is 10.9. The van der Waals surface area contributed by atoms with Crippen LogP contribution in [0.2, 0.25) is 0 Å². The molecule has 0 bridgehead atoms. The summed E-state index contributed by atoms with van der Waals surface area (Å²) in [5.74, 6) is 1.73. The summed E-state index contributed by atoms with van der Waals surface area (Å²) in [4.78, 5) is 20.6. The van der Waals surface area contributed by atoms with Crippen LogP contribution < -0.4 is 0 Å². The van der Waals surface area contributed by atoms with E-state index in [4.69, 9.17) is 24.4 Å². The zero-order valence-electron chi connectivity index (χ0n) is 26.7. The second kappa shape index (κ2) is 11.4. The Balaban J connectivity index is 1.21. The van der Waals surface area contributed by atoms with Crippen LogP contribution in [0.4, 0.5) is 0 Å². The molecule has 10 aromatic rings. The zero-order valence-corrected chi connectivity index (χ0v) is 26.7. The molecule has 0 aliphatic carbocycles. The number of hydrogen-bond donors (Lipinski definition) is 0. The highest BCUT2D eigenvalue weighted by Crippen LogP contribution is 2.37. The lowest BCUT2D eigenvalue weighted by Gasteiger charge is -2.14. The van der Waals surface area contributed by atoms with E-state index >= 15 is 0 Å². The fourth-order valence-electron chi connectivity index (χ4n) is 6.92. The van der Waals surface area contributed by atoms with Crippen LogP contribution in [0.3, 0.4) is 0 Å². The van der Waals surface area contributed by atoms with Crippen molar-refractivity contribution in [1.82, 2.24) is 24.5 Å².